The number of urea groups is 1. The molecule has 3 aromatic rings. The lowest BCUT2D eigenvalue weighted by atomic mass is 9.91. The van der Waals surface area contributed by atoms with Crippen molar-refractivity contribution in [1.29, 1.82) is 0 Å². The molecule has 12 heteroatoms. The number of H-pyrrole nitrogens is 2. The molecule has 0 atom stereocenters. The highest BCUT2D eigenvalue weighted by molar-refractivity contribution is 5.73. The molecular weight excluding hydrogens is 426 g/mol. The van der Waals surface area contributed by atoms with Crippen molar-refractivity contribution < 1.29 is 9.90 Å². The van der Waals surface area contributed by atoms with E-state index in [1.165, 1.54) is 0 Å². The van der Waals surface area contributed by atoms with Gasteiger partial charge in [-0.1, -0.05) is 0 Å². The molecule has 0 saturated heterocycles. The van der Waals surface area contributed by atoms with Crippen molar-refractivity contribution in [1.82, 2.24) is 35.2 Å². The first-order valence-electron chi connectivity index (χ1n) is 11.2. The van der Waals surface area contributed by atoms with Crippen LogP contribution >= 0.6 is 0 Å². The third-order valence-corrected chi connectivity index (χ3v) is 6.02. The second-order valence-electron chi connectivity index (χ2n) is 8.60. The van der Waals surface area contributed by atoms with E-state index in [2.05, 4.69) is 31.0 Å². The first kappa shape index (κ1) is 21.0. The summed E-state index contributed by atoms with van der Waals surface area (Å²) in [6.45, 7) is 0. The minimum absolute atomic E-state index is 0.149. The maximum atomic E-state index is 11.6. The molecule has 2 aliphatic carbocycles. The zero-order chi connectivity index (χ0) is 22.9. The SMILES string of the molecule is CNC(=O)NC1CCC(Nc2cc(=NC3CC3)n3ncc(=Cc4[nH]c(=O)[nH]c4O)c3n2)CC1. The molecule has 0 bridgehead atoms. The standard InChI is InChI=1S/C21H27N9O3/c1-22-20(32)26-14-6-2-12(3-7-14)24-16-9-17(25-13-4-5-13)30-18(28-16)11(10-23-30)8-15-19(31)29-21(33)27-15/h8-10,12-14,24,31H,2-7H2,1H3,(H2,22,26,32)(H2,27,29,33). The third-order valence-electron chi connectivity index (χ3n) is 6.02. The number of nitrogens with zero attached hydrogens (tertiary/aromatic N) is 4. The van der Waals surface area contributed by atoms with Gasteiger partial charge >= 0.3 is 11.7 Å². The topological polar surface area (TPSA) is 165 Å². The van der Waals surface area contributed by atoms with Crippen LogP contribution in [0.15, 0.2) is 22.1 Å². The molecule has 2 saturated carbocycles. The molecule has 0 spiro atoms. The number of fused-ring (bicyclic) bond motifs is 1. The Morgan fingerprint density at radius 1 is 1.21 bits per heavy atom. The van der Waals surface area contributed by atoms with Crippen molar-refractivity contribution in [2.24, 2.45) is 4.99 Å². The Hall–Kier alpha value is -3.83. The van der Waals surface area contributed by atoms with E-state index in [4.69, 9.17) is 9.98 Å². The summed E-state index contributed by atoms with van der Waals surface area (Å²) >= 11 is 0. The van der Waals surface area contributed by atoms with Crippen LogP contribution < -0.4 is 32.3 Å². The first-order chi connectivity index (χ1) is 16.0. The highest BCUT2D eigenvalue weighted by atomic mass is 16.3. The Morgan fingerprint density at radius 2 is 1.97 bits per heavy atom. The van der Waals surface area contributed by atoms with Crippen LogP contribution in [0.25, 0.3) is 11.7 Å². The molecule has 3 heterocycles. The molecule has 2 aliphatic rings. The summed E-state index contributed by atoms with van der Waals surface area (Å²) in [4.78, 5) is 37.4. The lowest BCUT2D eigenvalue weighted by molar-refractivity contribution is 0.234. The predicted octanol–water partition coefficient (Wildman–Crippen LogP) is -0.286. The molecule has 174 valence electrons. The normalized spacial score (nSPS) is 22.0. The summed E-state index contributed by atoms with van der Waals surface area (Å²) in [5.41, 5.74) is 1.07. The maximum absolute atomic E-state index is 11.6. The Balaban J connectivity index is 1.44. The summed E-state index contributed by atoms with van der Waals surface area (Å²) in [6.07, 6.45) is 8.99. The fourth-order valence-corrected chi connectivity index (χ4v) is 4.12. The summed E-state index contributed by atoms with van der Waals surface area (Å²) in [5.74, 6) is 0.463. The van der Waals surface area contributed by atoms with E-state index in [-0.39, 0.29) is 29.7 Å². The fourth-order valence-electron chi connectivity index (χ4n) is 4.12. The number of aromatic amines is 2. The van der Waals surface area contributed by atoms with E-state index in [9.17, 15) is 14.7 Å². The van der Waals surface area contributed by atoms with Gasteiger partial charge in [0.05, 0.1) is 12.2 Å². The number of imidazole rings is 1. The number of amides is 2. The van der Waals surface area contributed by atoms with Gasteiger partial charge < -0.3 is 26.0 Å². The van der Waals surface area contributed by atoms with Crippen LogP contribution in [0.3, 0.4) is 0 Å². The van der Waals surface area contributed by atoms with Crippen molar-refractivity contribution in [2.75, 3.05) is 12.4 Å². The van der Waals surface area contributed by atoms with Crippen LogP contribution in [0.4, 0.5) is 10.6 Å². The van der Waals surface area contributed by atoms with Gasteiger partial charge in [-0.3, -0.25) is 9.98 Å². The Kier molecular flexibility index (Phi) is 5.48. The minimum atomic E-state index is -0.489. The van der Waals surface area contributed by atoms with E-state index >= 15 is 0 Å². The average molecular weight is 454 g/mol. The van der Waals surface area contributed by atoms with E-state index in [1.54, 1.807) is 23.8 Å². The first-order valence-corrected chi connectivity index (χ1v) is 11.2. The van der Waals surface area contributed by atoms with Crippen LogP contribution in [-0.2, 0) is 0 Å². The zero-order valence-corrected chi connectivity index (χ0v) is 18.3. The number of carbonyl (C=O) groups excluding carboxylic acids is 1. The molecule has 3 aromatic heterocycles. The van der Waals surface area contributed by atoms with Gasteiger partial charge in [-0.15, -0.1) is 0 Å². The lowest BCUT2D eigenvalue weighted by Crippen LogP contribution is -2.43. The number of aromatic hydroxyl groups is 1. The number of nitrogens with one attached hydrogen (secondary N) is 5. The molecule has 2 fully saturated rings. The molecule has 5 rings (SSSR count). The molecule has 33 heavy (non-hydrogen) atoms. The molecule has 0 radical (unpaired) electrons. The number of rotatable bonds is 5. The van der Waals surface area contributed by atoms with Crippen molar-refractivity contribution >= 4 is 23.6 Å². The Bertz CT molecular complexity index is 1340. The number of hydrogen-bond donors (Lipinski definition) is 6. The summed E-state index contributed by atoms with van der Waals surface area (Å²) < 4.78 is 1.68. The largest absolute Gasteiger partial charge is 0.493 e. The number of aromatic nitrogens is 5. The summed E-state index contributed by atoms with van der Waals surface area (Å²) in [7, 11) is 1.62. The average Bonchev–Trinajstić information content (AvgIpc) is 3.43. The zero-order valence-electron chi connectivity index (χ0n) is 18.3. The van der Waals surface area contributed by atoms with E-state index < -0.39 is 5.69 Å². The molecule has 0 aromatic carbocycles. The highest BCUT2D eigenvalue weighted by Gasteiger charge is 2.23. The lowest BCUT2D eigenvalue weighted by Gasteiger charge is -2.29. The van der Waals surface area contributed by atoms with Crippen molar-refractivity contribution in [3.63, 3.8) is 0 Å². The summed E-state index contributed by atoms with van der Waals surface area (Å²) in [5, 5.41) is 24.1. The quantitative estimate of drug-likeness (QED) is 0.311. The van der Waals surface area contributed by atoms with Gasteiger partial charge in [0.2, 0.25) is 5.88 Å². The number of anilines is 1. The van der Waals surface area contributed by atoms with Crippen LogP contribution in [0.2, 0.25) is 0 Å². The number of hydrogen-bond acceptors (Lipinski definition) is 7. The Labute approximate surface area is 188 Å². The predicted molar refractivity (Wildman–Crippen MR) is 121 cm³/mol. The van der Waals surface area contributed by atoms with Crippen LogP contribution in [0, 0.1) is 0 Å². The van der Waals surface area contributed by atoms with Gasteiger partial charge in [-0.2, -0.15) is 9.61 Å². The Morgan fingerprint density at radius 3 is 2.64 bits per heavy atom. The van der Waals surface area contributed by atoms with Crippen LogP contribution in [-0.4, -0.2) is 60.9 Å². The van der Waals surface area contributed by atoms with Crippen molar-refractivity contribution in [3.8, 4) is 5.88 Å². The second-order valence-corrected chi connectivity index (χ2v) is 8.60. The monoisotopic (exact) mass is 453 g/mol. The van der Waals surface area contributed by atoms with E-state index in [1.807, 2.05) is 6.07 Å². The van der Waals surface area contributed by atoms with E-state index in [0.717, 1.165) is 38.5 Å². The number of carbonyl (C=O) groups is 1. The van der Waals surface area contributed by atoms with Gasteiger partial charge in [0.25, 0.3) is 0 Å². The van der Waals surface area contributed by atoms with Gasteiger partial charge in [-0.05, 0) is 44.6 Å². The molecule has 12 nitrogen and oxygen atoms in total. The maximum Gasteiger partial charge on any atom is 0.326 e. The molecule has 0 aliphatic heterocycles. The fraction of sp³-hybridized carbons (Fsp3) is 0.476. The van der Waals surface area contributed by atoms with Gasteiger partial charge in [0.1, 0.15) is 11.5 Å². The van der Waals surface area contributed by atoms with Crippen LogP contribution in [0.5, 0.6) is 5.88 Å². The molecular formula is C21H27N9O3. The van der Waals surface area contributed by atoms with Crippen molar-refractivity contribution in [3.05, 3.63) is 39.1 Å². The minimum Gasteiger partial charge on any atom is -0.493 e. The smallest absolute Gasteiger partial charge is 0.326 e. The second kappa shape index (κ2) is 8.60. The van der Waals surface area contributed by atoms with Gasteiger partial charge in [-0.25, -0.2) is 14.6 Å². The summed E-state index contributed by atoms with van der Waals surface area (Å²) in [6, 6.07) is 2.47. The van der Waals surface area contributed by atoms with Gasteiger partial charge in [0.15, 0.2) is 11.1 Å². The highest BCUT2D eigenvalue weighted by Crippen LogP contribution is 2.23. The van der Waals surface area contributed by atoms with Gasteiger partial charge in [0, 0.05) is 30.4 Å². The molecule has 2 amide bonds. The van der Waals surface area contributed by atoms with E-state index in [0.29, 0.717) is 28.2 Å². The van der Waals surface area contributed by atoms with Crippen molar-refractivity contribution in [2.45, 2.75) is 56.7 Å². The molecule has 0 unspecified atom stereocenters. The third kappa shape index (κ3) is 4.69. The van der Waals surface area contributed by atoms with Crippen LogP contribution in [0.1, 0.15) is 44.2 Å². The molecule has 6 N–H and O–H groups in total.